The van der Waals surface area contributed by atoms with Crippen LogP contribution < -0.4 is 9.47 Å². The molecule has 4 rings (SSSR count). The molecule has 0 aliphatic carbocycles. The van der Waals surface area contributed by atoms with Crippen LogP contribution in [0.15, 0.2) is 72.8 Å². The number of carbonyl (C=O) groups is 2. The fourth-order valence-electron chi connectivity index (χ4n) is 3.77. The van der Waals surface area contributed by atoms with E-state index in [0.717, 1.165) is 5.56 Å². The van der Waals surface area contributed by atoms with E-state index in [0.29, 0.717) is 34.4 Å². The number of halogens is 1. The van der Waals surface area contributed by atoms with Gasteiger partial charge in [-0.2, -0.15) is 5.10 Å². The summed E-state index contributed by atoms with van der Waals surface area (Å²) in [6, 6.07) is 21.5. The smallest absolute Gasteiger partial charge is 0.357 e. The van der Waals surface area contributed by atoms with Gasteiger partial charge in [-0.3, -0.25) is 0 Å². The SMILES string of the molecule is CCOc1cc(-c2nn(-c3ccccc3)c(C(=O)OC)c2C(=O)OC)ccc1OCc1ccccc1Cl. The van der Waals surface area contributed by atoms with E-state index in [-0.39, 0.29) is 23.6 Å². The molecule has 8 nitrogen and oxygen atoms in total. The Morgan fingerprint density at radius 3 is 2.24 bits per heavy atom. The van der Waals surface area contributed by atoms with E-state index in [4.69, 9.17) is 30.5 Å². The highest BCUT2D eigenvalue weighted by Gasteiger charge is 2.31. The van der Waals surface area contributed by atoms with Crippen LogP contribution in [0.3, 0.4) is 0 Å². The Kier molecular flexibility index (Phi) is 8.10. The van der Waals surface area contributed by atoms with Crippen LogP contribution in [0.1, 0.15) is 33.3 Å². The molecule has 3 aromatic carbocycles. The summed E-state index contributed by atoms with van der Waals surface area (Å²) in [5.41, 5.74) is 2.08. The van der Waals surface area contributed by atoms with Crippen molar-refractivity contribution in [3.63, 3.8) is 0 Å². The van der Waals surface area contributed by atoms with Gasteiger partial charge in [-0.05, 0) is 43.3 Å². The second-order valence-corrected chi connectivity index (χ2v) is 8.18. The molecule has 0 N–H and O–H groups in total. The van der Waals surface area contributed by atoms with Gasteiger partial charge >= 0.3 is 11.9 Å². The van der Waals surface area contributed by atoms with E-state index in [1.165, 1.54) is 18.9 Å². The molecule has 0 atom stereocenters. The molecule has 1 heterocycles. The maximum absolute atomic E-state index is 12.9. The minimum atomic E-state index is -0.729. The zero-order chi connectivity index (χ0) is 26.4. The van der Waals surface area contributed by atoms with Gasteiger partial charge in [0.05, 0.1) is 26.5 Å². The number of benzene rings is 3. The maximum atomic E-state index is 12.9. The lowest BCUT2D eigenvalue weighted by molar-refractivity contribution is 0.0549. The molecule has 0 aliphatic rings. The normalized spacial score (nSPS) is 10.6. The summed E-state index contributed by atoms with van der Waals surface area (Å²) in [6.45, 7) is 2.47. The Morgan fingerprint density at radius 1 is 0.865 bits per heavy atom. The number of ether oxygens (including phenoxy) is 4. The van der Waals surface area contributed by atoms with Crippen molar-refractivity contribution in [1.29, 1.82) is 0 Å². The Hall–Kier alpha value is -4.30. The van der Waals surface area contributed by atoms with Gasteiger partial charge in [0.1, 0.15) is 17.9 Å². The van der Waals surface area contributed by atoms with Crippen LogP contribution in [0.5, 0.6) is 11.5 Å². The summed E-state index contributed by atoms with van der Waals surface area (Å²) in [5.74, 6) is -0.528. The van der Waals surface area contributed by atoms with E-state index >= 15 is 0 Å². The van der Waals surface area contributed by atoms with Crippen molar-refractivity contribution < 1.29 is 28.5 Å². The van der Waals surface area contributed by atoms with Crippen LogP contribution in [0.4, 0.5) is 0 Å². The molecule has 0 radical (unpaired) electrons. The molecular weight excluding hydrogens is 496 g/mol. The van der Waals surface area contributed by atoms with Gasteiger partial charge in [0.25, 0.3) is 0 Å². The summed E-state index contributed by atoms with van der Waals surface area (Å²) >= 11 is 6.26. The van der Waals surface area contributed by atoms with Gasteiger partial charge in [0, 0.05) is 16.1 Å². The first-order valence-corrected chi connectivity index (χ1v) is 11.8. The molecule has 0 aliphatic heterocycles. The van der Waals surface area contributed by atoms with E-state index in [1.54, 1.807) is 48.5 Å². The third-order valence-corrected chi connectivity index (χ3v) is 5.88. The number of hydrogen-bond acceptors (Lipinski definition) is 7. The lowest BCUT2D eigenvalue weighted by Crippen LogP contribution is -2.15. The monoisotopic (exact) mass is 520 g/mol. The zero-order valence-electron chi connectivity index (χ0n) is 20.6. The van der Waals surface area contributed by atoms with Crippen LogP contribution >= 0.6 is 11.6 Å². The average Bonchev–Trinajstić information content (AvgIpc) is 3.33. The third kappa shape index (κ3) is 5.44. The Bertz CT molecular complexity index is 1420. The molecule has 190 valence electrons. The fraction of sp³-hybridized carbons (Fsp3) is 0.179. The Morgan fingerprint density at radius 2 is 1.57 bits per heavy atom. The minimum absolute atomic E-state index is 0.0228. The lowest BCUT2D eigenvalue weighted by atomic mass is 10.0. The molecule has 4 aromatic rings. The zero-order valence-corrected chi connectivity index (χ0v) is 21.3. The summed E-state index contributed by atoms with van der Waals surface area (Å²) in [5, 5.41) is 5.22. The Labute approximate surface area is 219 Å². The molecule has 0 spiro atoms. The maximum Gasteiger partial charge on any atom is 0.357 e. The molecule has 9 heteroatoms. The standard InChI is InChI=1S/C28H25ClN2O6/c1-4-36-23-16-18(14-15-22(23)37-17-19-10-8-9-13-21(19)29)25-24(27(32)34-2)26(28(33)35-3)31(30-25)20-11-6-5-7-12-20/h5-16H,4,17H2,1-3H3. The molecule has 0 saturated carbocycles. The van der Waals surface area contributed by atoms with Gasteiger partial charge < -0.3 is 18.9 Å². The largest absolute Gasteiger partial charge is 0.490 e. The van der Waals surface area contributed by atoms with Crippen LogP contribution in [0.25, 0.3) is 16.9 Å². The van der Waals surface area contributed by atoms with E-state index in [9.17, 15) is 9.59 Å². The number of methoxy groups -OCH3 is 2. The van der Waals surface area contributed by atoms with Gasteiger partial charge in [-0.15, -0.1) is 0 Å². The third-order valence-electron chi connectivity index (χ3n) is 5.51. The number of para-hydroxylation sites is 1. The first kappa shape index (κ1) is 25.8. The Balaban J connectivity index is 1.82. The quantitative estimate of drug-likeness (QED) is 0.260. The minimum Gasteiger partial charge on any atom is -0.490 e. The number of nitrogens with zero attached hydrogens (tertiary/aromatic N) is 2. The number of hydrogen-bond donors (Lipinski definition) is 0. The van der Waals surface area contributed by atoms with E-state index in [2.05, 4.69) is 5.10 Å². The van der Waals surface area contributed by atoms with Crippen LogP contribution in [0.2, 0.25) is 5.02 Å². The summed E-state index contributed by atoms with van der Waals surface area (Å²) in [6.07, 6.45) is 0. The molecule has 0 fully saturated rings. The van der Waals surface area contributed by atoms with Gasteiger partial charge in [-0.25, -0.2) is 14.3 Å². The van der Waals surface area contributed by atoms with Crippen molar-refractivity contribution in [2.24, 2.45) is 0 Å². The number of carbonyl (C=O) groups excluding carboxylic acids is 2. The van der Waals surface area contributed by atoms with Crippen molar-refractivity contribution in [2.45, 2.75) is 13.5 Å². The first-order valence-electron chi connectivity index (χ1n) is 11.5. The summed E-state index contributed by atoms with van der Waals surface area (Å²) < 4.78 is 23.2. The first-order chi connectivity index (χ1) is 18.0. The van der Waals surface area contributed by atoms with Crippen molar-refractivity contribution in [3.05, 3.63) is 94.6 Å². The van der Waals surface area contributed by atoms with Crippen LogP contribution in [-0.2, 0) is 16.1 Å². The highest BCUT2D eigenvalue weighted by atomic mass is 35.5. The summed E-state index contributed by atoms with van der Waals surface area (Å²) in [7, 11) is 2.48. The molecule has 0 amide bonds. The average molecular weight is 521 g/mol. The lowest BCUT2D eigenvalue weighted by Gasteiger charge is -2.14. The van der Waals surface area contributed by atoms with Crippen LogP contribution in [0, 0.1) is 0 Å². The molecular formula is C28H25ClN2O6. The molecule has 37 heavy (non-hydrogen) atoms. The number of rotatable bonds is 9. The summed E-state index contributed by atoms with van der Waals surface area (Å²) in [4.78, 5) is 25.7. The van der Waals surface area contributed by atoms with E-state index in [1.807, 2.05) is 31.2 Å². The molecule has 1 aromatic heterocycles. The van der Waals surface area contributed by atoms with Crippen LogP contribution in [-0.4, -0.2) is 42.5 Å². The van der Waals surface area contributed by atoms with Crippen molar-refractivity contribution >= 4 is 23.5 Å². The predicted octanol–water partition coefficient (Wildman–Crippen LogP) is 5.74. The van der Waals surface area contributed by atoms with Crippen molar-refractivity contribution in [3.8, 4) is 28.4 Å². The van der Waals surface area contributed by atoms with Gasteiger partial charge in [0.15, 0.2) is 17.2 Å². The van der Waals surface area contributed by atoms with Crippen molar-refractivity contribution in [2.75, 3.05) is 20.8 Å². The second kappa shape index (κ2) is 11.6. The fourth-order valence-corrected chi connectivity index (χ4v) is 3.96. The molecule has 0 saturated heterocycles. The highest BCUT2D eigenvalue weighted by Crippen LogP contribution is 2.36. The highest BCUT2D eigenvalue weighted by molar-refractivity contribution is 6.31. The number of esters is 2. The topological polar surface area (TPSA) is 88.9 Å². The molecule has 0 bridgehead atoms. The van der Waals surface area contributed by atoms with E-state index < -0.39 is 11.9 Å². The molecule has 0 unspecified atom stereocenters. The predicted molar refractivity (Wildman–Crippen MR) is 139 cm³/mol. The second-order valence-electron chi connectivity index (χ2n) is 7.78. The van der Waals surface area contributed by atoms with Crippen molar-refractivity contribution in [1.82, 2.24) is 9.78 Å². The van der Waals surface area contributed by atoms with Gasteiger partial charge in [-0.1, -0.05) is 48.0 Å². The number of aromatic nitrogens is 2. The van der Waals surface area contributed by atoms with Gasteiger partial charge in [0.2, 0.25) is 0 Å².